The molecule has 0 aliphatic carbocycles. The SMILES string of the molecule is CCCS(=O)(=O)N1CCC(NC(=NC)NCCC(C)c2ccc(OC)cc2)CC1. The Morgan fingerprint density at radius 1 is 1.28 bits per heavy atom. The summed E-state index contributed by atoms with van der Waals surface area (Å²) in [5.41, 5.74) is 1.29. The van der Waals surface area contributed by atoms with Gasteiger partial charge in [-0.15, -0.1) is 0 Å². The predicted octanol–water partition coefficient (Wildman–Crippen LogP) is 2.56. The average molecular weight is 425 g/mol. The summed E-state index contributed by atoms with van der Waals surface area (Å²) in [7, 11) is 0.349. The van der Waals surface area contributed by atoms with Crippen molar-refractivity contribution in [3.8, 4) is 5.75 Å². The lowest BCUT2D eigenvalue weighted by Crippen LogP contribution is -2.50. The second kappa shape index (κ2) is 11.4. The first-order valence-corrected chi connectivity index (χ1v) is 12.1. The van der Waals surface area contributed by atoms with Crippen LogP contribution in [0.3, 0.4) is 0 Å². The fourth-order valence-electron chi connectivity index (χ4n) is 3.56. The van der Waals surface area contributed by atoms with Crippen molar-refractivity contribution < 1.29 is 13.2 Å². The quantitative estimate of drug-likeness (QED) is 0.470. The molecule has 7 nitrogen and oxygen atoms in total. The van der Waals surface area contributed by atoms with E-state index in [1.165, 1.54) is 5.56 Å². The number of hydrogen-bond acceptors (Lipinski definition) is 4. The summed E-state index contributed by atoms with van der Waals surface area (Å²) in [6, 6.07) is 8.45. The van der Waals surface area contributed by atoms with Crippen LogP contribution in [-0.2, 0) is 10.0 Å². The minimum absolute atomic E-state index is 0.237. The normalized spacial score (nSPS) is 17.7. The number of nitrogens with one attached hydrogen (secondary N) is 2. The highest BCUT2D eigenvalue weighted by Crippen LogP contribution is 2.21. The predicted molar refractivity (Wildman–Crippen MR) is 119 cm³/mol. The molecule has 1 atom stereocenters. The van der Waals surface area contributed by atoms with Crippen LogP contribution in [0.4, 0.5) is 0 Å². The minimum atomic E-state index is -3.09. The van der Waals surface area contributed by atoms with Gasteiger partial charge in [0.2, 0.25) is 10.0 Å². The molecule has 0 amide bonds. The van der Waals surface area contributed by atoms with E-state index < -0.39 is 10.0 Å². The van der Waals surface area contributed by atoms with Crippen molar-refractivity contribution >= 4 is 16.0 Å². The summed E-state index contributed by atoms with van der Waals surface area (Å²) in [5, 5.41) is 6.82. The van der Waals surface area contributed by atoms with Crippen LogP contribution in [0.2, 0.25) is 0 Å². The lowest BCUT2D eigenvalue weighted by molar-refractivity contribution is 0.306. The van der Waals surface area contributed by atoms with Gasteiger partial charge in [0.25, 0.3) is 0 Å². The second-order valence-electron chi connectivity index (χ2n) is 7.60. The van der Waals surface area contributed by atoms with Gasteiger partial charge < -0.3 is 15.4 Å². The zero-order chi connectivity index (χ0) is 21.3. The molecule has 0 aromatic heterocycles. The Kier molecular flexibility index (Phi) is 9.23. The number of nitrogens with zero attached hydrogens (tertiary/aromatic N) is 2. The van der Waals surface area contributed by atoms with E-state index in [9.17, 15) is 8.42 Å². The van der Waals surface area contributed by atoms with Gasteiger partial charge in [-0.25, -0.2) is 12.7 Å². The maximum atomic E-state index is 12.2. The fourth-order valence-corrected chi connectivity index (χ4v) is 5.10. The van der Waals surface area contributed by atoms with Crippen molar-refractivity contribution in [3.63, 3.8) is 0 Å². The van der Waals surface area contributed by atoms with Crippen LogP contribution in [0.1, 0.15) is 51.0 Å². The van der Waals surface area contributed by atoms with Crippen molar-refractivity contribution in [3.05, 3.63) is 29.8 Å². The molecule has 164 valence electrons. The number of guanidine groups is 1. The van der Waals surface area contributed by atoms with Gasteiger partial charge in [-0.05, 0) is 49.3 Å². The molecule has 0 radical (unpaired) electrons. The first-order chi connectivity index (χ1) is 13.9. The van der Waals surface area contributed by atoms with Gasteiger partial charge in [-0.2, -0.15) is 0 Å². The molecule has 1 heterocycles. The molecule has 1 aliphatic rings. The van der Waals surface area contributed by atoms with Crippen LogP contribution in [0.25, 0.3) is 0 Å². The van der Waals surface area contributed by atoms with Gasteiger partial charge in [0.1, 0.15) is 5.75 Å². The van der Waals surface area contributed by atoms with Gasteiger partial charge in [-0.1, -0.05) is 26.0 Å². The Morgan fingerprint density at radius 2 is 1.93 bits per heavy atom. The zero-order valence-electron chi connectivity index (χ0n) is 18.1. The molecule has 0 saturated carbocycles. The Morgan fingerprint density at radius 3 is 2.48 bits per heavy atom. The Balaban J connectivity index is 1.74. The smallest absolute Gasteiger partial charge is 0.214 e. The lowest BCUT2D eigenvalue weighted by atomic mass is 9.98. The number of ether oxygens (including phenoxy) is 1. The van der Waals surface area contributed by atoms with E-state index in [1.54, 1.807) is 18.5 Å². The molecule has 29 heavy (non-hydrogen) atoms. The number of benzene rings is 1. The van der Waals surface area contributed by atoms with E-state index >= 15 is 0 Å². The van der Waals surface area contributed by atoms with Crippen LogP contribution in [0.5, 0.6) is 5.75 Å². The summed E-state index contributed by atoms with van der Waals surface area (Å²) in [6.07, 6.45) is 3.24. The number of methoxy groups -OCH3 is 1. The largest absolute Gasteiger partial charge is 0.497 e. The maximum Gasteiger partial charge on any atom is 0.214 e. The van der Waals surface area contributed by atoms with Crippen LogP contribution >= 0.6 is 0 Å². The zero-order valence-corrected chi connectivity index (χ0v) is 19.0. The topological polar surface area (TPSA) is 83.0 Å². The minimum Gasteiger partial charge on any atom is -0.497 e. The molecule has 0 bridgehead atoms. The summed E-state index contributed by atoms with van der Waals surface area (Å²) < 4.78 is 31.2. The first kappa shape index (κ1) is 23.5. The van der Waals surface area contributed by atoms with Crippen molar-refractivity contribution in [2.24, 2.45) is 4.99 Å². The third kappa shape index (κ3) is 7.19. The number of aliphatic imine (C=N–C) groups is 1. The molecular formula is C21H36N4O3S. The highest BCUT2D eigenvalue weighted by Gasteiger charge is 2.27. The van der Waals surface area contributed by atoms with Crippen LogP contribution in [0, 0.1) is 0 Å². The fraction of sp³-hybridized carbons (Fsp3) is 0.667. The Labute approximate surface area is 176 Å². The summed E-state index contributed by atoms with van der Waals surface area (Å²) in [5.74, 6) is 2.32. The van der Waals surface area contributed by atoms with Crippen molar-refractivity contribution in [2.75, 3.05) is 39.5 Å². The molecular weight excluding hydrogens is 388 g/mol. The number of piperidine rings is 1. The van der Waals surface area contributed by atoms with Gasteiger partial charge >= 0.3 is 0 Å². The maximum absolute atomic E-state index is 12.2. The second-order valence-corrected chi connectivity index (χ2v) is 9.68. The van der Waals surface area contributed by atoms with E-state index in [0.29, 0.717) is 25.4 Å². The van der Waals surface area contributed by atoms with Crippen LogP contribution < -0.4 is 15.4 Å². The van der Waals surface area contributed by atoms with Gasteiger partial charge in [-0.3, -0.25) is 4.99 Å². The van der Waals surface area contributed by atoms with Crippen LogP contribution in [-0.4, -0.2) is 64.3 Å². The van der Waals surface area contributed by atoms with Crippen molar-refractivity contribution in [2.45, 2.75) is 51.5 Å². The molecule has 2 N–H and O–H groups in total. The number of hydrogen-bond donors (Lipinski definition) is 2. The Bertz CT molecular complexity index is 742. The monoisotopic (exact) mass is 424 g/mol. The van der Waals surface area contributed by atoms with Gasteiger partial charge in [0.05, 0.1) is 12.9 Å². The van der Waals surface area contributed by atoms with Crippen molar-refractivity contribution in [1.82, 2.24) is 14.9 Å². The average Bonchev–Trinajstić information content (AvgIpc) is 2.73. The van der Waals surface area contributed by atoms with E-state index in [-0.39, 0.29) is 11.8 Å². The molecule has 1 fully saturated rings. The molecule has 1 aromatic rings. The molecule has 2 rings (SSSR count). The first-order valence-electron chi connectivity index (χ1n) is 10.5. The molecule has 8 heteroatoms. The van der Waals surface area contributed by atoms with Gasteiger partial charge in [0.15, 0.2) is 5.96 Å². The van der Waals surface area contributed by atoms with E-state index in [0.717, 1.165) is 37.5 Å². The van der Waals surface area contributed by atoms with Gasteiger partial charge in [0, 0.05) is 32.7 Å². The molecule has 1 aromatic carbocycles. The van der Waals surface area contributed by atoms with E-state index in [4.69, 9.17) is 4.74 Å². The van der Waals surface area contributed by atoms with E-state index in [1.807, 2.05) is 19.1 Å². The van der Waals surface area contributed by atoms with Crippen LogP contribution in [0.15, 0.2) is 29.3 Å². The highest BCUT2D eigenvalue weighted by atomic mass is 32.2. The number of rotatable bonds is 9. The highest BCUT2D eigenvalue weighted by molar-refractivity contribution is 7.89. The summed E-state index contributed by atoms with van der Waals surface area (Å²) >= 11 is 0. The van der Waals surface area contributed by atoms with E-state index in [2.05, 4.69) is 34.7 Å². The number of sulfonamides is 1. The molecule has 0 spiro atoms. The van der Waals surface area contributed by atoms with Crippen molar-refractivity contribution in [1.29, 1.82) is 0 Å². The third-order valence-electron chi connectivity index (χ3n) is 5.43. The Hall–Kier alpha value is -1.80. The molecule has 1 saturated heterocycles. The summed E-state index contributed by atoms with van der Waals surface area (Å²) in [4.78, 5) is 4.32. The third-order valence-corrected chi connectivity index (χ3v) is 7.50. The standard InChI is InChI=1S/C21H36N4O3S/c1-5-16-29(26,27)25-14-11-19(12-15-25)24-21(22-3)23-13-10-17(2)18-6-8-20(28-4)9-7-18/h6-9,17,19H,5,10-16H2,1-4H3,(H2,22,23,24). The lowest BCUT2D eigenvalue weighted by Gasteiger charge is -2.32. The summed E-state index contributed by atoms with van der Waals surface area (Å²) in [6.45, 7) is 6.08. The molecule has 1 unspecified atom stereocenters. The molecule has 1 aliphatic heterocycles.